The van der Waals surface area contributed by atoms with E-state index >= 15 is 0 Å². The molecule has 174 valence electrons. The number of piperidine rings is 1. The van der Waals surface area contributed by atoms with Crippen LogP contribution in [-0.2, 0) is 14.3 Å². The number of fused-ring (bicyclic) bond motifs is 3. The highest BCUT2D eigenvalue weighted by molar-refractivity contribution is 7.99. The average molecular weight is 469 g/mol. The molecule has 33 heavy (non-hydrogen) atoms. The molecule has 1 saturated heterocycles. The number of alkyl carbamates (subject to hydrolysis) is 1. The van der Waals surface area contributed by atoms with E-state index in [-0.39, 0.29) is 30.7 Å². The zero-order valence-electron chi connectivity index (χ0n) is 18.4. The van der Waals surface area contributed by atoms with Crippen LogP contribution in [-0.4, -0.2) is 65.7 Å². The number of carboxylic acids is 1. The highest BCUT2D eigenvalue weighted by Gasteiger charge is 2.29. The van der Waals surface area contributed by atoms with Gasteiger partial charge in [-0.3, -0.25) is 9.59 Å². The highest BCUT2D eigenvalue weighted by atomic mass is 32.2. The van der Waals surface area contributed by atoms with E-state index in [4.69, 9.17) is 9.84 Å². The standard InChI is InChI=1S/C25H28N2O5S/c28-23(27-12-5-6-17(14-27)24(29)30)16-33-13-11-26-25(31)32-15-22-20-9-3-1-7-18(20)19-8-2-4-10-21(19)22/h1-4,7-10,17,22H,5-6,11-16H2,(H,26,31)(H,29,30)/t17-/m1/s1. The molecule has 2 N–H and O–H groups in total. The van der Waals surface area contributed by atoms with Gasteiger partial charge in [0.25, 0.3) is 0 Å². The number of thioether (sulfide) groups is 1. The Morgan fingerprint density at radius 1 is 1.06 bits per heavy atom. The van der Waals surface area contributed by atoms with E-state index in [1.807, 2.05) is 24.3 Å². The van der Waals surface area contributed by atoms with Gasteiger partial charge in [-0.1, -0.05) is 48.5 Å². The Hall–Kier alpha value is -3.00. The number of aliphatic carboxylic acids is 1. The molecule has 0 aromatic heterocycles. The number of likely N-dealkylation sites (tertiary alicyclic amines) is 1. The number of ether oxygens (including phenoxy) is 1. The van der Waals surface area contributed by atoms with Crippen LogP contribution in [0.25, 0.3) is 11.1 Å². The molecule has 1 aliphatic heterocycles. The Morgan fingerprint density at radius 3 is 2.39 bits per heavy atom. The van der Waals surface area contributed by atoms with Crippen molar-refractivity contribution >= 4 is 29.7 Å². The minimum absolute atomic E-state index is 0.0225. The second kappa shape index (κ2) is 10.7. The fourth-order valence-electron chi connectivity index (χ4n) is 4.53. The molecule has 1 atom stereocenters. The van der Waals surface area contributed by atoms with Crippen molar-refractivity contribution in [1.82, 2.24) is 10.2 Å². The molecule has 0 unspecified atom stereocenters. The predicted octanol–water partition coefficient (Wildman–Crippen LogP) is 3.58. The summed E-state index contributed by atoms with van der Waals surface area (Å²) in [4.78, 5) is 37.3. The maximum absolute atomic E-state index is 12.3. The first-order valence-corrected chi connectivity index (χ1v) is 12.4. The molecule has 0 saturated carbocycles. The molecule has 0 bridgehead atoms. The lowest BCUT2D eigenvalue weighted by Crippen LogP contribution is -2.43. The van der Waals surface area contributed by atoms with Crippen LogP contribution in [0.15, 0.2) is 48.5 Å². The predicted molar refractivity (Wildman–Crippen MR) is 127 cm³/mol. The zero-order valence-corrected chi connectivity index (χ0v) is 19.2. The van der Waals surface area contributed by atoms with Crippen LogP contribution >= 0.6 is 11.8 Å². The summed E-state index contributed by atoms with van der Waals surface area (Å²) in [5.74, 6) is -0.484. The number of hydrogen-bond donors (Lipinski definition) is 2. The van der Waals surface area contributed by atoms with Gasteiger partial charge in [-0.05, 0) is 35.1 Å². The van der Waals surface area contributed by atoms with Crippen molar-refractivity contribution in [1.29, 1.82) is 0 Å². The Bertz CT molecular complexity index is 982. The van der Waals surface area contributed by atoms with Gasteiger partial charge in [-0.2, -0.15) is 11.8 Å². The number of benzene rings is 2. The van der Waals surface area contributed by atoms with Crippen LogP contribution in [0.1, 0.15) is 29.9 Å². The van der Waals surface area contributed by atoms with Gasteiger partial charge < -0.3 is 20.1 Å². The van der Waals surface area contributed by atoms with E-state index in [0.29, 0.717) is 25.3 Å². The Labute approximate surface area is 197 Å². The monoisotopic (exact) mass is 468 g/mol. The summed E-state index contributed by atoms with van der Waals surface area (Å²) >= 11 is 1.42. The maximum atomic E-state index is 12.3. The molecule has 4 rings (SSSR count). The van der Waals surface area contributed by atoms with Gasteiger partial charge in [0.15, 0.2) is 0 Å². The maximum Gasteiger partial charge on any atom is 0.407 e. The smallest absolute Gasteiger partial charge is 0.407 e. The summed E-state index contributed by atoms with van der Waals surface area (Å²) in [6.45, 7) is 1.56. The van der Waals surface area contributed by atoms with E-state index in [0.717, 1.165) is 6.42 Å². The number of nitrogens with zero attached hydrogens (tertiary/aromatic N) is 1. The van der Waals surface area contributed by atoms with Crippen molar-refractivity contribution in [3.63, 3.8) is 0 Å². The highest BCUT2D eigenvalue weighted by Crippen LogP contribution is 2.44. The van der Waals surface area contributed by atoms with Crippen LogP contribution in [0, 0.1) is 5.92 Å². The summed E-state index contributed by atoms with van der Waals surface area (Å²) < 4.78 is 5.51. The third-order valence-electron chi connectivity index (χ3n) is 6.21. The van der Waals surface area contributed by atoms with Crippen LogP contribution < -0.4 is 5.32 Å². The lowest BCUT2D eigenvalue weighted by atomic mass is 9.98. The van der Waals surface area contributed by atoms with Crippen LogP contribution in [0.2, 0.25) is 0 Å². The number of carboxylic acid groups (broad SMARTS) is 1. The molecule has 2 amide bonds. The van der Waals surface area contributed by atoms with E-state index in [1.165, 1.54) is 34.0 Å². The lowest BCUT2D eigenvalue weighted by Gasteiger charge is -2.30. The quantitative estimate of drug-likeness (QED) is 0.575. The minimum atomic E-state index is -0.840. The second-order valence-corrected chi connectivity index (χ2v) is 9.43. The SMILES string of the molecule is O=C(NCCSCC(=O)N1CCC[C@@H](C(=O)O)C1)OCC1c2ccccc2-c2ccccc21. The van der Waals surface area contributed by atoms with Gasteiger partial charge in [-0.25, -0.2) is 4.79 Å². The fourth-order valence-corrected chi connectivity index (χ4v) is 5.28. The second-order valence-electron chi connectivity index (χ2n) is 8.32. The molecule has 7 nitrogen and oxygen atoms in total. The first-order valence-electron chi connectivity index (χ1n) is 11.2. The first kappa shape index (κ1) is 23.2. The average Bonchev–Trinajstić information content (AvgIpc) is 3.16. The number of carbonyl (C=O) groups is 3. The summed E-state index contributed by atoms with van der Waals surface area (Å²) in [7, 11) is 0. The Kier molecular flexibility index (Phi) is 7.54. The van der Waals surface area contributed by atoms with Gasteiger partial charge in [0.2, 0.25) is 5.91 Å². The van der Waals surface area contributed by atoms with Crippen molar-refractivity contribution in [3.8, 4) is 11.1 Å². The number of amides is 2. The number of hydrogen-bond acceptors (Lipinski definition) is 5. The molecule has 0 spiro atoms. The molecule has 1 aliphatic carbocycles. The molecule has 1 fully saturated rings. The topological polar surface area (TPSA) is 95.9 Å². The molecule has 2 aromatic carbocycles. The third-order valence-corrected chi connectivity index (χ3v) is 7.15. The third kappa shape index (κ3) is 5.50. The molecular formula is C25H28N2O5S. The zero-order chi connectivity index (χ0) is 23.2. The summed E-state index contributed by atoms with van der Waals surface area (Å²) in [6, 6.07) is 16.4. The molecule has 2 aliphatic rings. The molecular weight excluding hydrogens is 440 g/mol. The van der Waals surface area contributed by atoms with Crippen molar-refractivity contribution in [2.75, 3.05) is 37.7 Å². The number of carbonyl (C=O) groups excluding carboxylic acids is 2. The van der Waals surface area contributed by atoms with Gasteiger partial charge in [0.1, 0.15) is 6.61 Å². The van der Waals surface area contributed by atoms with E-state index < -0.39 is 18.0 Å². The van der Waals surface area contributed by atoms with Gasteiger partial charge >= 0.3 is 12.1 Å². The van der Waals surface area contributed by atoms with E-state index in [1.54, 1.807) is 4.90 Å². The largest absolute Gasteiger partial charge is 0.481 e. The molecule has 1 heterocycles. The summed E-state index contributed by atoms with van der Waals surface area (Å²) in [5.41, 5.74) is 4.71. The van der Waals surface area contributed by atoms with E-state index in [9.17, 15) is 14.4 Å². The Morgan fingerprint density at radius 2 is 1.73 bits per heavy atom. The van der Waals surface area contributed by atoms with Crippen molar-refractivity contribution in [2.24, 2.45) is 5.92 Å². The van der Waals surface area contributed by atoms with Crippen molar-refractivity contribution < 1.29 is 24.2 Å². The van der Waals surface area contributed by atoms with Crippen molar-refractivity contribution in [3.05, 3.63) is 59.7 Å². The van der Waals surface area contributed by atoms with Gasteiger partial charge in [0.05, 0.1) is 11.7 Å². The first-order chi connectivity index (χ1) is 16.0. The van der Waals surface area contributed by atoms with Crippen LogP contribution in [0.4, 0.5) is 4.79 Å². The molecule has 0 radical (unpaired) electrons. The van der Waals surface area contributed by atoms with E-state index in [2.05, 4.69) is 29.6 Å². The van der Waals surface area contributed by atoms with Crippen LogP contribution in [0.5, 0.6) is 0 Å². The lowest BCUT2D eigenvalue weighted by molar-refractivity contribution is -0.145. The Balaban J connectivity index is 1.17. The minimum Gasteiger partial charge on any atom is -0.481 e. The fraction of sp³-hybridized carbons (Fsp3) is 0.400. The van der Waals surface area contributed by atoms with Gasteiger partial charge in [0, 0.05) is 31.3 Å². The molecule has 2 aromatic rings. The summed E-state index contributed by atoms with van der Waals surface area (Å²) in [6.07, 6.45) is 0.872. The summed E-state index contributed by atoms with van der Waals surface area (Å²) in [5, 5.41) is 11.9. The van der Waals surface area contributed by atoms with Crippen molar-refractivity contribution in [2.45, 2.75) is 18.8 Å². The van der Waals surface area contributed by atoms with Gasteiger partial charge in [-0.15, -0.1) is 0 Å². The molecule has 8 heteroatoms. The number of rotatable bonds is 8. The van der Waals surface area contributed by atoms with Crippen LogP contribution in [0.3, 0.4) is 0 Å². The number of nitrogens with one attached hydrogen (secondary N) is 1. The normalized spacial score (nSPS) is 17.2.